The number of H-pyrrole nitrogens is 1. The minimum atomic E-state index is -0.478. The van der Waals surface area contributed by atoms with E-state index in [-0.39, 0.29) is 23.0 Å². The van der Waals surface area contributed by atoms with Crippen LogP contribution in [0.3, 0.4) is 0 Å². The van der Waals surface area contributed by atoms with Gasteiger partial charge in [0.2, 0.25) is 5.95 Å². The molecule has 0 saturated heterocycles. The van der Waals surface area contributed by atoms with Gasteiger partial charge < -0.3 is 0 Å². The highest BCUT2D eigenvalue weighted by molar-refractivity contribution is 6.01. The molecular formula is C13H13N7O2. The maximum atomic E-state index is 12.0. The van der Waals surface area contributed by atoms with Crippen LogP contribution in [0.5, 0.6) is 0 Å². The van der Waals surface area contributed by atoms with Gasteiger partial charge in [0.05, 0.1) is 11.9 Å². The molecule has 3 aromatic heterocycles. The highest BCUT2D eigenvalue weighted by Gasteiger charge is 2.12. The summed E-state index contributed by atoms with van der Waals surface area (Å²) in [6.07, 6.45) is 5.79. The highest BCUT2D eigenvalue weighted by Crippen LogP contribution is 2.04. The van der Waals surface area contributed by atoms with E-state index in [4.69, 9.17) is 0 Å². The molecule has 3 rings (SSSR count). The van der Waals surface area contributed by atoms with Crippen molar-refractivity contribution in [2.45, 2.75) is 19.8 Å². The van der Waals surface area contributed by atoms with Gasteiger partial charge in [-0.1, -0.05) is 13.3 Å². The molecule has 0 aliphatic heterocycles. The second-order valence-electron chi connectivity index (χ2n) is 4.59. The van der Waals surface area contributed by atoms with Gasteiger partial charge in [-0.2, -0.15) is 9.50 Å². The smallest absolute Gasteiger partial charge is 0.278 e. The topological polar surface area (TPSA) is 118 Å². The summed E-state index contributed by atoms with van der Waals surface area (Å²) in [7, 11) is 0. The Morgan fingerprint density at radius 2 is 2.23 bits per heavy atom. The van der Waals surface area contributed by atoms with Crippen LogP contribution in [-0.2, 0) is 6.42 Å². The van der Waals surface area contributed by atoms with E-state index in [1.165, 1.54) is 29.2 Å². The number of hydrogen-bond acceptors (Lipinski definition) is 6. The van der Waals surface area contributed by atoms with E-state index < -0.39 is 5.91 Å². The molecule has 22 heavy (non-hydrogen) atoms. The first-order chi connectivity index (χ1) is 10.7. The summed E-state index contributed by atoms with van der Waals surface area (Å²) in [5.41, 5.74) is 0.543. The zero-order valence-corrected chi connectivity index (χ0v) is 11.8. The number of hydrogen-bond donors (Lipinski definition) is 2. The van der Waals surface area contributed by atoms with Crippen LogP contribution in [-0.4, -0.2) is 35.5 Å². The number of fused-ring (bicyclic) bond motifs is 1. The number of aromatic amines is 1. The average Bonchev–Trinajstić information content (AvgIpc) is 2.91. The number of anilines is 1. The molecule has 112 valence electrons. The van der Waals surface area contributed by atoms with Crippen molar-refractivity contribution in [2.75, 3.05) is 5.32 Å². The molecule has 0 spiro atoms. The number of amides is 1. The molecule has 9 heteroatoms. The molecule has 1 amide bonds. The SMILES string of the molecule is CCCc1cc(=O)n2[nH]c(NC(=O)c3cnccn3)nc2n1. The molecule has 2 N–H and O–H groups in total. The first kappa shape index (κ1) is 13.9. The van der Waals surface area contributed by atoms with Crippen molar-refractivity contribution in [3.8, 4) is 0 Å². The van der Waals surface area contributed by atoms with Crippen molar-refractivity contribution in [1.82, 2.24) is 29.5 Å². The van der Waals surface area contributed by atoms with Crippen LogP contribution < -0.4 is 10.9 Å². The van der Waals surface area contributed by atoms with Crippen molar-refractivity contribution in [2.24, 2.45) is 0 Å². The lowest BCUT2D eigenvalue weighted by atomic mass is 10.2. The van der Waals surface area contributed by atoms with E-state index in [1.807, 2.05) is 6.92 Å². The monoisotopic (exact) mass is 299 g/mol. The summed E-state index contributed by atoms with van der Waals surface area (Å²) in [5.74, 6) is -0.145. The van der Waals surface area contributed by atoms with Crippen LogP contribution in [0.25, 0.3) is 5.78 Å². The predicted octanol–water partition coefficient (Wildman–Crippen LogP) is 0.412. The van der Waals surface area contributed by atoms with Gasteiger partial charge in [-0.05, 0) is 6.42 Å². The van der Waals surface area contributed by atoms with Crippen LogP contribution in [0.4, 0.5) is 5.95 Å². The second kappa shape index (κ2) is 5.72. The third-order valence-corrected chi connectivity index (χ3v) is 2.92. The minimum Gasteiger partial charge on any atom is -0.289 e. The fraction of sp³-hybridized carbons (Fsp3) is 0.231. The quantitative estimate of drug-likeness (QED) is 0.720. The first-order valence-corrected chi connectivity index (χ1v) is 6.73. The number of aromatic nitrogens is 6. The van der Waals surface area contributed by atoms with Gasteiger partial charge >= 0.3 is 0 Å². The van der Waals surface area contributed by atoms with Gasteiger partial charge in [-0.15, -0.1) is 0 Å². The zero-order valence-electron chi connectivity index (χ0n) is 11.8. The summed E-state index contributed by atoms with van der Waals surface area (Å²) in [4.78, 5) is 40.0. The number of nitrogens with zero attached hydrogens (tertiary/aromatic N) is 5. The standard InChI is InChI=1S/C13H13N7O2/c1-2-3-8-6-10(21)20-13(16-8)18-12(19-20)17-11(22)9-7-14-4-5-15-9/h4-7H,2-3H2,1H3,(H2,16,17,18,19,22). The predicted molar refractivity (Wildman–Crippen MR) is 77.6 cm³/mol. The second-order valence-corrected chi connectivity index (χ2v) is 4.59. The van der Waals surface area contributed by atoms with Crippen LogP contribution in [0.15, 0.2) is 29.5 Å². The maximum absolute atomic E-state index is 12.0. The summed E-state index contributed by atoms with van der Waals surface area (Å²) in [6.45, 7) is 2.00. The lowest BCUT2D eigenvalue weighted by molar-refractivity contribution is 0.102. The van der Waals surface area contributed by atoms with E-state index >= 15 is 0 Å². The number of aryl methyl sites for hydroxylation is 1. The van der Waals surface area contributed by atoms with E-state index in [2.05, 4.69) is 30.4 Å². The molecule has 0 atom stereocenters. The molecule has 0 unspecified atom stereocenters. The summed E-state index contributed by atoms with van der Waals surface area (Å²) >= 11 is 0. The summed E-state index contributed by atoms with van der Waals surface area (Å²) in [5, 5.41) is 5.20. The Bertz CT molecular complexity index is 869. The first-order valence-electron chi connectivity index (χ1n) is 6.73. The molecule has 0 aromatic carbocycles. The molecule has 0 radical (unpaired) electrons. The highest BCUT2D eigenvalue weighted by atomic mass is 16.2. The molecule has 3 aromatic rings. The summed E-state index contributed by atoms with van der Waals surface area (Å²) in [6, 6.07) is 1.45. The maximum Gasteiger partial charge on any atom is 0.278 e. The van der Waals surface area contributed by atoms with Crippen molar-refractivity contribution in [1.29, 1.82) is 0 Å². The normalized spacial score (nSPS) is 10.8. The molecule has 9 nitrogen and oxygen atoms in total. The Labute approximate surface area is 124 Å². The van der Waals surface area contributed by atoms with E-state index in [9.17, 15) is 9.59 Å². The van der Waals surface area contributed by atoms with E-state index in [0.717, 1.165) is 6.42 Å². The minimum absolute atomic E-state index is 0.119. The summed E-state index contributed by atoms with van der Waals surface area (Å²) < 4.78 is 1.17. The Hall–Kier alpha value is -3.10. The fourth-order valence-corrected chi connectivity index (χ4v) is 1.96. The Kier molecular flexibility index (Phi) is 3.60. The third kappa shape index (κ3) is 2.68. The number of carbonyl (C=O) groups excluding carboxylic acids is 1. The van der Waals surface area contributed by atoms with Crippen molar-refractivity contribution < 1.29 is 4.79 Å². The van der Waals surface area contributed by atoms with Crippen LogP contribution in [0.2, 0.25) is 0 Å². The molecule has 0 saturated carbocycles. The van der Waals surface area contributed by atoms with E-state index in [1.54, 1.807) is 0 Å². The zero-order chi connectivity index (χ0) is 15.5. The largest absolute Gasteiger partial charge is 0.289 e. The Morgan fingerprint density at radius 3 is 2.95 bits per heavy atom. The third-order valence-electron chi connectivity index (χ3n) is 2.92. The number of carbonyl (C=O) groups is 1. The Balaban J connectivity index is 1.91. The molecule has 0 bridgehead atoms. The number of nitrogens with one attached hydrogen (secondary N) is 2. The molecule has 0 aliphatic rings. The van der Waals surface area contributed by atoms with Gasteiger partial charge in [0.1, 0.15) is 5.69 Å². The molecule has 0 aliphatic carbocycles. The number of rotatable bonds is 4. The van der Waals surface area contributed by atoms with Crippen LogP contribution >= 0.6 is 0 Å². The van der Waals surface area contributed by atoms with Gasteiger partial charge in [-0.25, -0.2) is 9.97 Å². The van der Waals surface area contributed by atoms with Crippen molar-refractivity contribution >= 4 is 17.6 Å². The van der Waals surface area contributed by atoms with Crippen molar-refractivity contribution in [3.63, 3.8) is 0 Å². The molecule has 0 fully saturated rings. The van der Waals surface area contributed by atoms with Crippen molar-refractivity contribution in [3.05, 3.63) is 46.4 Å². The van der Waals surface area contributed by atoms with Crippen LogP contribution in [0, 0.1) is 0 Å². The Morgan fingerprint density at radius 1 is 1.36 bits per heavy atom. The van der Waals surface area contributed by atoms with Crippen LogP contribution in [0.1, 0.15) is 29.5 Å². The molecular weight excluding hydrogens is 286 g/mol. The average molecular weight is 299 g/mol. The lowest BCUT2D eigenvalue weighted by Gasteiger charge is -1.98. The fourth-order valence-electron chi connectivity index (χ4n) is 1.96. The van der Waals surface area contributed by atoms with Gasteiger partial charge in [0.25, 0.3) is 17.2 Å². The van der Waals surface area contributed by atoms with E-state index in [0.29, 0.717) is 12.1 Å². The lowest BCUT2D eigenvalue weighted by Crippen LogP contribution is -2.17. The van der Waals surface area contributed by atoms with Gasteiger partial charge in [0.15, 0.2) is 0 Å². The van der Waals surface area contributed by atoms with Gasteiger partial charge in [-0.3, -0.25) is 25.0 Å². The van der Waals surface area contributed by atoms with Gasteiger partial charge in [0, 0.05) is 18.5 Å². The molecule has 3 heterocycles.